The third kappa shape index (κ3) is 2.46. The standard InChI is InChI=1S/C22H18O2/c1-15-19-14-18(23)12-13-20(19)24-22(17-10-6-3-7-11-17)21(15)16-8-4-2-5-9-16/h2-14,22-23H,1H3. The normalized spacial score (nSPS) is 16.5. The van der Waals surface area contributed by atoms with E-state index >= 15 is 0 Å². The lowest BCUT2D eigenvalue weighted by Crippen LogP contribution is -2.16. The van der Waals surface area contributed by atoms with Crippen LogP contribution >= 0.6 is 0 Å². The van der Waals surface area contributed by atoms with Gasteiger partial charge in [0, 0.05) is 11.1 Å². The van der Waals surface area contributed by atoms with E-state index in [-0.39, 0.29) is 11.9 Å². The van der Waals surface area contributed by atoms with Crippen molar-refractivity contribution in [1.29, 1.82) is 0 Å². The highest BCUT2D eigenvalue weighted by Gasteiger charge is 2.29. The highest BCUT2D eigenvalue weighted by molar-refractivity contribution is 5.95. The Hall–Kier alpha value is -3.00. The Morgan fingerprint density at radius 2 is 1.50 bits per heavy atom. The summed E-state index contributed by atoms with van der Waals surface area (Å²) >= 11 is 0. The van der Waals surface area contributed by atoms with Crippen molar-refractivity contribution in [3.8, 4) is 11.5 Å². The van der Waals surface area contributed by atoms with Gasteiger partial charge < -0.3 is 9.84 Å². The fourth-order valence-corrected chi connectivity index (χ4v) is 3.29. The number of ether oxygens (including phenoxy) is 1. The van der Waals surface area contributed by atoms with Gasteiger partial charge in [0.05, 0.1) is 0 Å². The van der Waals surface area contributed by atoms with Crippen molar-refractivity contribution in [1.82, 2.24) is 0 Å². The number of fused-ring (bicyclic) bond motifs is 1. The van der Waals surface area contributed by atoms with Crippen LogP contribution < -0.4 is 4.74 Å². The third-order valence-corrected chi connectivity index (χ3v) is 4.47. The first-order valence-electron chi connectivity index (χ1n) is 8.05. The summed E-state index contributed by atoms with van der Waals surface area (Å²) < 4.78 is 6.34. The van der Waals surface area contributed by atoms with Crippen LogP contribution in [0.25, 0.3) is 11.1 Å². The summed E-state index contributed by atoms with van der Waals surface area (Å²) in [5.41, 5.74) is 5.47. The highest BCUT2D eigenvalue weighted by atomic mass is 16.5. The molecule has 1 unspecified atom stereocenters. The van der Waals surface area contributed by atoms with Gasteiger partial charge in [0.15, 0.2) is 0 Å². The van der Waals surface area contributed by atoms with Crippen molar-refractivity contribution < 1.29 is 9.84 Å². The van der Waals surface area contributed by atoms with E-state index in [1.165, 1.54) is 0 Å². The minimum absolute atomic E-state index is 0.161. The van der Waals surface area contributed by atoms with Gasteiger partial charge in [-0.1, -0.05) is 60.7 Å². The van der Waals surface area contributed by atoms with Crippen LogP contribution in [0.1, 0.15) is 29.7 Å². The highest BCUT2D eigenvalue weighted by Crippen LogP contribution is 2.47. The molecule has 0 saturated heterocycles. The van der Waals surface area contributed by atoms with Crippen LogP contribution in [0.5, 0.6) is 11.5 Å². The molecule has 0 spiro atoms. The number of aromatic hydroxyl groups is 1. The summed E-state index contributed by atoms with van der Waals surface area (Å²) in [6, 6.07) is 25.8. The van der Waals surface area contributed by atoms with Gasteiger partial charge in [0.2, 0.25) is 0 Å². The van der Waals surface area contributed by atoms with E-state index in [1.54, 1.807) is 12.1 Å². The number of hydrogen-bond donors (Lipinski definition) is 1. The molecule has 0 radical (unpaired) electrons. The molecule has 118 valence electrons. The van der Waals surface area contributed by atoms with Gasteiger partial charge in [-0.3, -0.25) is 0 Å². The summed E-state index contributed by atoms with van der Waals surface area (Å²) in [5, 5.41) is 9.87. The van der Waals surface area contributed by atoms with Crippen molar-refractivity contribution in [2.75, 3.05) is 0 Å². The molecule has 1 heterocycles. The average molecular weight is 314 g/mol. The number of phenols is 1. The summed E-state index contributed by atoms with van der Waals surface area (Å²) in [4.78, 5) is 0. The lowest BCUT2D eigenvalue weighted by Gasteiger charge is -2.31. The first kappa shape index (κ1) is 14.6. The molecule has 0 aromatic heterocycles. The average Bonchev–Trinajstić information content (AvgIpc) is 2.63. The molecule has 1 aliphatic heterocycles. The van der Waals surface area contributed by atoms with Crippen LogP contribution in [0.2, 0.25) is 0 Å². The zero-order chi connectivity index (χ0) is 16.5. The zero-order valence-electron chi connectivity index (χ0n) is 13.4. The topological polar surface area (TPSA) is 29.5 Å². The van der Waals surface area contributed by atoms with Crippen LogP contribution in [0.15, 0.2) is 78.9 Å². The molecular formula is C22H18O2. The lowest BCUT2D eigenvalue weighted by molar-refractivity contribution is 0.259. The minimum atomic E-state index is -0.161. The number of hydrogen-bond acceptors (Lipinski definition) is 2. The van der Waals surface area contributed by atoms with Gasteiger partial charge in [-0.25, -0.2) is 0 Å². The van der Waals surface area contributed by atoms with E-state index in [2.05, 4.69) is 31.2 Å². The molecule has 2 nitrogen and oxygen atoms in total. The molecule has 1 N–H and O–H groups in total. The van der Waals surface area contributed by atoms with E-state index in [4.69, 9.17) is 4.74 Å². The number of phenolic OH excluding ortho intramolecular Hbond substituents is 1. The molecule has 2 heteroatoms. The Kier molecular flexibility index (Phi) is 3.58. The molecule has 0 bridgehead atoms. The third-order valence-electron chi connectivity index (χ3n) is 4.47. The fourth-order valence-electron chi connectivity index (χ4n) is 3.29. The van der Waals surface area contributed by atoms with Crippen molar-refractivity contribution in [2.24, 2.45) is 0 Å². The Labute approximate surface area is 141 Å². The quantitative estimate of drug-likeness (QED) is 0.681. The largest absolute Gasteiger partial charge is 0.508 e. The summed E-state index contributed by atoms with van der Waals surface area (Å²) in [6.07, 6.45) is -0.161. The fraction of sp³-hybridized carbons (Fsp3) is 0.0909. The number of benzene rings is 3. The second-order valence-electron chi connectivity index (χ2n) is 5.99. The van der Waals surface area contributed by atoms with Crippen LogP contribution in [-0.4, -0.2) is 5.11 Å². The van der Waals surface area contributed by atoms with Crippen molar-refractivity contribution in [3.05, 3.63) is 95.6 Å². The molecular weight excluding hydrogens is 296 g/mol. The van der Waals surface area contributed by atoms with Gasteiger partial charge in [-0.05, 0) is 41.8 Å². The van der Waals surface area contributed by atoms with E-state index < -0.39 is 0 Å². The first-order chi connectivity index (χ1) is 11.7. The van der Waals surface area contributed by atoms with Gasteiger partial charge in [0.1, 0.15) is 17.6 Å². The maximum Gasteiger partial charge on any atom is 0.150 e. The maximum absolute atomic E-state index is 9.87. The van der Waals surface area contributed by atoms with Gasteiger partial charge in [-0.2, -0.15) is 0 Å². The molecule has 1 aliphatic rings. The predicted octanol–water partition coefficient (Wildman–Crippen LogP) is 5.46. The second kappa shape index (κ2) is 5.89. The number of allylic oxidation sites excluding steroid dienone is 1. The smallest absolute Gasteiger partial charge is 0.150 e. The molecule has 0 fully saturated rings. The monoisotopic (exact) mass is 314 g/mol. The second-order valence-corrected chi connectivity index (χ2v) is 5.99. The lowest BCUT2D eigenvalue weighted by atomic mass is 9.86. The van der Waals surface area contributed by atoms with Crippen molar-refractivity contribution >= 4 is 11.1 Å². The van der Waals surface area contributed by atoms with Crippen LogP contribution in [0.3, 0.4) is 0 Å². The van der Waals surface area contributed by atoms with Crippen molar-refractivity contribution in [2.45, 2.75) is 13.0 Å². The van der Waals surface area contributed by atoms with Crippen LogP contribution in [-0.2, 0) is 0 Å². The number of rotatable bonds is 2. The molecule has 4 rings (SSSR count). The van der Waals surface area contributed by atoms with E-state index in [0.29, 0.717) is 0 Å². The van der Waals surface area contributed by atoms with Crippen LogP contribution in [0, 0.1) is 0 Å². The Bertz CT molecular complexity index is 896. The summed E-state index contributed by atoms with van der Waals surface area (Å²) in [7, 11) is 0. The van der Waals surface area contributed by atoms with Gasteiger partial charge in [-0.15, -0.1) is 0 Å². The van der Waals surface area contributed by atoms with E-state index in [1.807, 2.05) is 42.5 Å². The molecule has 0 saturated carbocycles. The van der Waals surface area contributed by atoms with Gasteiger partial charge in [0.25, 0.3) is 0 Å². The van der Waals surface area contributed by atoms with Crippen molar-refractivity contribution in [3.63, 3.8) is 0 Å². The van der Waals surface area contributed by atoms with E-state index in [9.17, 15) is 5.11 Å². The molecule has 0 amide bonds. The zero-order valence-corrected chi connectivity index (χ0v) is 13.4. The molecule has 24 heavy (non-hydrogen) atoms. The van der Waals surface area contributed by atoms with Crippen LogP contribution in [0.4, 0.5) is 0 Å². The first-order valence-corrected chi connectivity index (χ1v) is 8.05. The molecule has 1 atom stereocenters. The van der Waals surface area contributed by atoms with E-state index in [0.717, 1.165) is 33.6 Å². The Morgan fingerprint density at radius 1 is 0.833 bits per heavy atom. The predicted molar refractivity (Wildman–Crippen MR) is 96.8 cm³/mol. The molecule has 0 aliphatic carbocycles. The maximum atomic E-state index is 9.87. The molecule has 3 aromatic carbocycles. The SMILES string of the molecule is CC1=C(c2ccccc2)C(c2ccccc2)Oc2ccc(O)cc21. The summed E-state index contributed by atoms with van der Waals surface area (Å²) in [6.45, 7) is 2.10. The Morgan fingerprint density at radius 3 is 2.21 bits per heavy atom. The summed E-state index contributed by atoms with van der Waals surface area (Å²) in [5.74, 6) is 1.06. The minimum Gasteiger partial charge on any atom is -0.508 e. The Balaban J connectivity index is 1.95. The van der Waals surface area contributed by atoms with Gasteiger partial charge >= 0.3 is 0 Å². The molecule has 3 aromatic rings.